The lowest BCUT2D eigenvalue weighted by Crippen LogP contribution is -1.97. The Morgan fingerprint density at radius 1 is 1.64 bits per heavy atom. The number of methoxy groups -OCH3 is 1. The minimum atomic E-state index is 0.462. The van der Waals surface area contributed by atoms with E-state index in [0.29, 0.717) is 11.6 Å². The Hall–Kier alpha value is -1.45. The lowest BCUT2D eigenvalue weighted by atomic mass is 10.4. The first-order valence-corrected chi connectivity index (χ1v) is 3.25. The van der Waals surface area contributed by atoms with Gasteiger partial charge in [0.15, 0.2) is 0 Å². The van der Waals surface area contributed by atoms with Crippen LogP contribution in [0.2, 0.25) is 0 Å². The molecule has 0 atom stereocenters. The van der Waals surface area contributed by atoms with Gasteiger partial charge >= 0.3 is 0 Å². The standard InChI is InChI=1S/C7H11N3O/c1-9-5-3-6(8)7(11-2)10-4-5/h3-4,9H,8H2,1-2H3. The normalized spacial score (nSPS) is 9.27. The van der Waals surface area contributed by atoms with E-state index in [9.17, 15) is 0 Å². The number of ether oxygens (including phenoxy) is 1. The van der Waals surface area contributed by atoms with E-state index in [2.05, 4.69) is 10.3 Å². The Bertz CT molecular complexity index is 249. The van der Waals surface area contributed by atoms with Gasteiger partial charge < -0.3 is 15.8 Å². The summed E-state index contributed by atoms with van der Waals surface area (Å²) in [4.78, 5) is 3.96. The summed E-state index contributed by atoms with van der Waals surface area (Å²) in [5.74, 6) is 0.462. The topological polar surface area (TPSA) is 60.2 Å². The summed E-state index contributed by atoms with van der Waals surface area (Å²) in [5, 5.41) is 2.92. The molecule has 4 heteroatoms. The van der Waals surface area contributed by atoms with Crippen LogP contribution in [0, 0.1) is 0 Å². The molecular formula is C7H11N3O. The lowest BCUT2D eigenvalue weighted by Gasteiger charge is -2.04. The first kappa shape index (κ1) is 7.65. The van der Waals surface area contributed by atoms with Crippen LogP contribution in [0.1, 0.15) is 0 Å². The van der Waals surface area contributed by atoms with Crippen molar-refractivity contribution < 1.29 is 4.74 Å². The molecular weight excluding hydrogens is 142 g/mol. The molecule has 11 heavy (non-hydrogen) atoms. The molecule has 0 aliphatic rings. The van der Waals surface area contributed by atoms with E-state index in [1.54, 1.807) is 12.3 Å². The van der Waals surface area contributed by atoms with Crippen molar-refractivity contribution in [3.8, 4) is 5.88 Å². The Morgan fingerprint density at radius 2 is 2.36 bits per heavy atom. The zero-order valence-electron chi connectivity index (χ0n) is 6.59. The predicted molar refractivity (Wildman–Crippen MR) is 44.7 cm³/mol. The number of nitrogen functional groups attached to an aromatic ring is 1. The molecule has 60 valence electrons. The summed E-state index contributed by atoms with van der Waals surface area (Å²) in [6.07, 6.45) is 1.66. The van der Waals surface area contributed by atoms with E-state index in [1.165, 1.54) is 7.11 Å². The molecule has 0 aromatic carbocycles. The molecule has 0 fully saturated rings. The highest BCUT2D eigenvalue weighted by atomic mass is 16.5. The van der Waals surface area contributed by atoms with Gasteiger partial charge in [-0.25, -0.2) is 4.98 Å². The van der Waals surface area contributed by atoms with Crippen LogP contribution in [-0.4, -0.2) is 19.1 Å². The van der Waals surface area contributed by atoms with Gasteiger partial charge in [0.05, 0.1) is 24.7 Å². The molecule has 0 radical (unpaired) electrons. The largest absolute Gasteiger partial charge is 0.480 e. The van der Waals surface area contributed by atoms with Gasteiger partial charge in [-0.3, -0.25) is 0 Å². The van der Waals surface area contributed by atoms with Gasteiger partial charge in [-0.15, -0.1) is 0 Å². The number of hydrogen-bond acceptors (Lipinski definition) is 4. The van der Waals surface area contributed by atoms with E-state index in [1.807, 2.05) is 7.05 Å². The quantitative estimate of drug-likeness (QED) is 0.657. The maximum atomic E-state index is 5.58. The maximum absolute atomic E-state index is 5.58. The Morgan fingerprint density at radius 3 is 2.82 bits per heavy atom. The van der Waals surface area contributed by atoms with Crippen molar-refractivity contribution in [2.24, 2.45) is 0 Å². The third kappa shape index (κ3) is 1.52. The molecule has 1 heterocycles. The summed E-state index contributed by atoms with van der Waals surface area (Å²) in [6, 6.07) is 1.77. The Balaban J connectivity index is 2.99. The highest BCUT2D eigenvalue weighted by Gasteiger charge is 1.99. The SMILES string of the molecule is CNc1cnc(OC)c(N)c1. The van der Waals surface area contributed by atoms with Gasteiger partial charge in [0.1, 0.15) is 0 Å². The van der Waals surface area contributed by atoms with Gasteiger partial charge in [-0.05, 0) is 6.07 Å². The number of pyridine rings is 1. The molecule has 4 nitrogen and oxygen atoms in total. The molecule has 0 saturated carbocycles. The van der Waals surface area contributed by atoms with Crippen LogP contribution >= 0.6 is 0 Å². The van der Waals surface area contributed by atoms with Crippen LogP contribution in [0.4, 0.5) is 11.4 Å². The van der Waals surface area contributed by atoms with Crippen molar-refractivity contribution in [1.82, 2.24) is 4.98 Å². The zero-order valence-corrected chi connectivity index (χ0v) is 6.59. The van der Waals surface area contributed by atoms with Gasteiger partial charge in [-0.2, -0.15) is 0 Å². The molecule has 1 aromatic heterocycles. The van der Waals surface area contributed by atoms with Gasteiger partial charge in [-0.1, -0.05) is 0 Å². The summed E-state index contributed by atoms with van der Waals surface area (Å²) in [5.41, 5.74) is 7.00. The second-order valence-electron chi connectivity index (χ2n) is 2.07. The summed E-state index contributed by atoms with van der Waals surface area (Å²) in [6.45, 7) is 0. The third-order valence-electron chi connectivity index (χ3n) is 1.36. The lowest BCUT2D eigenvalue weighted by molar-refractivity contribution is 0.400. The molecule has 0 amide bonds. The highest BCUT2D eigenvalue weighted by Crippen LogP contribution is 2.20. The number of hydrogen-bond donors (Lipinski definition) is 2. The molecule has 0 saturated heterocycles. The fourth-order valence-electron chi connectivity index (χ4n) is 0.777. The predicted octanol–water partition coefficient (Wildman–Crippen LogP) is 0.714. The van der Waals surface area contributed by atoms with Gasteiger partial charge in [0.25, 0.3) is 0 Å². The minimum absolute atomic E-state index is 0.462. The molecule has 0 unspecified atom stereocenters. The van der Waals surface area contributed by atoms with Crippen LogP contribution in [0.25, 0.3) is 0 Å². The van der Waals surface area contributed by atoms with Crippen LogP contribution in [0.3, 0.4) is 0 Å². The Labute approximate surface area is 65.4 Å². The first-order valence-electron chi connectivity index (χ1n) is 3.25. The van der Waals surface area contributed by atoms with Crippen LogP contribution in [0.15, 0.2) is 12.3 Å². The molecule has 0 aliphatic carbocycles. The monoisotopic (exact) mass is 153 g/mol. The molecule has 1 aromatic rings. The number of rotatable bonds is 2. The van der Waals surface area contributed by atoms with E-state index in [4.69, 9.17) is 10.5 Å². The smallest absolute Gasteiger partial charge is 0.236 e. The average Bonchev–Trinajstić information content (AvgIpc) is 2.04. The van der Waals surface area contributed by atoms with Crippen molar-refractivity contribution in [2.75, 3.05) is 25.2 Å². The first-order chi connectivity index (χ1) is 5.27. The number of nitrogens with zero attached hydrogens (tertiary/aromatic N) is 1. The molecule has 3 N–H and O–H groups in total. The summed E-state index contributed by atoms with van der Waals surface area (Å²) in [7, 11) is 3.35. The van der Waals surface area contributed by atoms with Gasteiger partial charge in [0, 0.05) is 7.05 Å². The zero-order chi connectivity index (χ0) is 8.27. The number of anilines is 2. The van der Waals surface area contributed by atoms with E-state index in [-0.39, 0.29) is 0 Å². The van der Waals surface area contributed by atoms with E-state index >= 15 is 0 Å². The van der Waals surface area contributed by atoms with Crippen molar-refractivity contribution >= 4 is 11.4 Å². The second kappa shape index (κ2) is 3.09. The van der Waals surface area contributed by atoms with Crippen molar-refractivity contribution in [2.45, 2.75) is 0 Å². The molecule has 1 rings (SSSR count). The number of aromatic nitrogens is 1. The van der Waals surface area contributed by atoms with Crippen molar-refractivity contribution in [3.05, 3.63) is 12.3 Å². The summed E-state index contributed by atoms with van der Waals surface area (Å²) < 4.78 is 4.88. The number of nitrogens with one attached hydrogen (secondary N) is 1. The fourth-order valence-corrected chi connectivity index (χ4v) is 0.777. The van der Waals surface area contributed by atoms with Crippen LogP contribution in [0.5, 0.6) is 5.88 Å². The third-order valence-corrected chi connectivity index (χ3v) is 1.36. The number of nitrogens with two attached hydrogens (primary N) is 1. The molecule has 0 bridgehead atoms. The van der Waals surface area contributed by atoms with Crippen LogP contribution < -0.4 is 15.8 Å². The fraction of sp³-hybridized carbons (Fsp3) is 0.286. The van der Waals surface area contributed by atoms with Crippen LogP contribution in [-0.2, 0) is 0 Å². The second-order valence-corrected chi connectivity index (χ2v) is 2.07. The molecule has 0 spiro atoms. The van der Waals surface area contributed by atoms with E-state index < -0.39 is 0 Å². The van der Waals surface area contributed by atoms with Crippen molar-refractivity contribution in [3.63, 3.8) is 0 Å². The molecule has 0 aliphatic heterocycles. The average molecular weight is 153 g/mol. The maximum Gasteiger partial charge on any atom is 0.236 e. The highest BCUT2D eigenvalue weighted by molar-refractivity contribution is 5.57. The summed E-state index contributed by atoms with van der Waals surface area (Å²) >= 11 is 0. The Kier molecular flexibility index (Phi) is 2.15. The van der Waals surface area contributed by atoms with E-state index in [0.717, 1.165) is 5.69 Å². The van der Waals surface area contributed by atoms with Crippen molar-refractivity contribution in [1.29, 1.82) is 0 Å². The van der Waals surface area contributed by atoms with Gasteiger partial charge in [0.2, 0.25) is 5.88 Å². The minimum Gasteiger partial charge on any atom is -0.480 e.